The lowest BCUT2D eigenvalue weighted by Gasteiger charge is -2.26. The van der Waals surface area contributed by atoms with E-state index in [1.165, 1.54) is 0 Å². The molecule has 1 rings (SSSR count). The van der Waals surface area contributed by atoms with Gasteiger partial charge >= 0.3 is 0 Å². The number of hydrogen-bond donors (Lipinski definition) is 0. The van der Waals surface area contributed by atoms with E-state index in [4.69, 9.17) is 4.74 Å². The molecule has 0 spiro atoms. The highest BCUT2D eigenvalue weighted by molar-refractivity contribution is 4.85. The minimum absolute atomic E-state index is 0.0424. The van der Waals surface area contributed by atoms with Gasteiger partial charge in [0.25, 0.3) is 0 Å². The Bertz CT molecular complexity index is 157. The number of halogens is 1. The fourth-order valence-corrected chi connectivity index (χ4v) is 1.53. The normalized spacial score (nSPS) is 31.2. The van der Waals surface area contributed by atoms with Gasteiger partial charge in [-0.15, -0.1) is 0 Å². The molecule has 78 valence electrons. The van der Waals surface area contributed by atoms with Gasteiger partial charge in [-0.3, -0.25) is 4.90 Å². The molecule has 0 N–H and O–H groups in total. The second-order valence-electron chi connectivity index (χ2n) is 4.78. The summed E-state index contributed by atoms with van der Waals surface area (Å²) < 4.78 is 18.9. The van der Waals surface area contributed by atoms with Crippen LogP contribution in [0.3, 0.4) is 0 Å². The molecule has 0 amide bonds. The summed E-state index contributed by atoms with van der Waals surface area (Å²) in [6.07, 6.45) is -0.0679. The van der Waals surface area contributed by atoms with Crippen LogP contribution in [-0.2, 0) is 4.74 Å². The number of likely N-dealkylation sites (tertiary alicyclic amines) is 1. The van der Waals surface area contributed by atoms with Crippen molar-refractivity contribution in [2.24, 2.45) is 0 Å². The minimum atomic E-state index is -0.715. The molecule has 2 atom stereocenters. The van der Waals surface area contributed by atoms with E-state index < -0.39 is 6.17 Å². The van der Waals surface area contributed by atoms with Crippen molar-refractivity contribution in [3.05, 3.63) is 0 Å². The first-order chi connectivity index (χ1) is 5.90. The van der Waals surface area contributed by atoms with Crippen LogP contribution >= 0.6 is 0 Å². The zero-order valence-corrected chi connectivity index (χ0v) is 9.01. The quantitative estimate of drug-likeness (QED) is 0.657. The van der Waals surface area contributed by atoms with E-state index in [2.05, 4.69) is 0 Å². The molecule has 13 heavy (non-hydrogen) atoms. The Morgan fingerprint density at radius 1 is 1.46 bits per heavy atom. The fourth-order valence-electron chi connectivity index (χ4n) is 1.53. The number of nitrogens with zero attached hydrogens (tertiary/aromatic N) is 1. The Balaban J connectivity index is 2.35. The highest BCUT2D eigenvalue weighted by atomic mass is 19.1. The molecule has 0 aliphatic carbocycles. The Labute approximate surface area is 80.1 Å². The molecular formula is C10H20FNO. The predicted molar refractivity (Wildman–Crippen MR) is 51.6 cm³/mol. The molecule has 1 fully saturated rings. The molecule has 0 aromatic rings. The third kappa shape index (κ3) is 3.24. The van der Waals surface area contributed by atoms with E-state index in [0.29, 0.717) is 13.0 Å². The summed E-state index contributed by atoms with van der Waals surface area (Å²) in [7, 11) is 1.95. The third-order valence-corrected chi connectivity index (χ3v) is 2.43. The van der Waals surface area contributed by atoms with Crippen LogP contribution in [0, 0.1) is 0 Å². The summed E-state index contributed by atoms with van der Waals surface area (Å²) in [6.45, 7) is 7.33. The standard InChI is InChI=1S/C10H20FNO/c1-10(2,3)13-7-9-8(11)5-6-12(9)4/h8-9H,5-7H2,1-4H3/t8-,9+/m0/s1. The molecule has 2 nitrogen and oxygen atoms in total. The van der Waals surface area contributed by atoms with Gasteiger partial charge < -0.3 is 4.74 Å². The minimum Gasteiger partial charge on any atom is -0.374 e. The molecule has 1 aliphatic rings. The average molecular weight is 189 g/mol. The molecule has 0 bridgehead atoms. The van der Waals surface area contributed by atoms with Crippen LogP contribution in [0.15, 0.2) is 0 Å². The molecule has 1 aliphatic heterocycles. The summed E-state index contributed by atoms with van der Waals surface area (Å²) in [5.74, 6) is 0. The van der Waals surface area contributed by atoms with Gasteiger partial charge in [0.15, 0.2) is 0 Å². The lowest BCUT2D eigenvalue weighted by atomic mass is 10.1. The number of likely N-dealkylation sites (N-methyl/N-ethyl adjacent to an activating group) is 1. The molecule has 0 unspecified atom stereocenters. The maximum absolute atomic E-state index is 13.3. The van der Waals surface area contributed by atoms with E-state index in [1.54, 1.807) is 0 Å². The second-order valence-corrected chi connectivity index (χ2v) is 4.78. The number of ether oxygens (including phenoxy) is 1. The summed E-state index contributed by atoms with van der Waals surface area (Å²) in [6, 6.07) is -0.0424. The van der Waals surface area contributed by atoms with Gasteiger partial charge in [0, 0.05) is 6.54 Å². The number of alkyl halides is 1. The largest absolute Gasteiger partial charge is 0.374 e. The van der Waals surface area contributed by atoms with E-state index in [9.17, 15) is 4.39 Å². The Morgan fingerprint density at radius 3 is 2.46 bits per heavy atom. The molecule has 0 aromatic carbocycles. The van der Waals surface area contributed by atoms with Crippen molar-refractivity contribution in [2.75, 3.05) is 20.2 Å². The molecule has 0 saturated carbocycles. The fraction of sp³-hybridized carbons (Fsp3) is 1.00. The molecule has 0 aromatic heterocycles. The SMILES string of the molecule is CN1CC[C@H](F)[C@H]1COC(C)(C)C. The molecule has 0 radical (unpaired) electrons. The van der Waals surface area contributed by atoms with Gasteiger partial charge in [0.1, 0.15) is 6.17 Å². The second kappa shape index (κ2) is 3.93. The van der Waals surface area contributed by atoms with Gasteiger partial charge in [-0.05, 0) is 34.2 Å². The van der Waals surface area contributed by atoms with Crippen LogP contribution in [-0.4, -0.2) is 42.9 Å². The summed E-state index contributed by atoms with van der Waals surface area (Å²) in [4.78, 5) is 2.04. The maximum atomic E-state index is 13.3. The van der Waals surface area contributed by atoms with Crippen LogP contribution in [0.1, 0.15) is 27.2 Å². The van der Waals surface area contributed by atoms with Crippen molar-refractivity contribution in [1.29, 1.82) is 0 Å². The average Bonchev–Trinajstić information content (AvgIpc) is 2.27. The first kappa shape index (κ1) is 10.9. The van der Waals surface area contributed by atoms with E-state index in [0.717, 1.165) is 6.54 Å². The van der Waals surface area contributed by atoms with Gasteiger partial charge in [-0.2, -0.15) is 0 Å². The summed E-state index contributed by atoms with van der Waals surface area (Å²) >= 11 is 0. The van der Waals surface area contributed by atoms with Gasteiger partial charge in [-0.25, -0.2) is 4.39 Å². The van der Waals surface area contributed by atoms with Gasteiger partial charge in [0.05, 0.1) is 18.2 Å². The highest BCUT2D eigenvalue weighted by Crippen LogP contribution is 2.21. The zero-order valence-electron chi connectivity index (χ0n) is 9.01. The van der Waals surface area contributed by atoms with Crippen molar-refractivity contribution in [1.82, 2.24) is 4.90 Å². The third-order valence-electron chi connectivity index (χ3n) is 2.43. The Hall–Kier alpha value is -0.150. The topological polar surface area (TPSA) is 12.5 Å². The summed E-state index contributed by atoms with van der Waals surface area (Å²) in [5, 5.41) is 0. The number of rotatable bonds is 2. The maximum Gasteiger partial charge on any atom is 0.119 e. The van der Waals surface area contributed by atoms with Crippen molar-refractivity contribution in [3.8, 4) is 0 Å². The lowest BCUT2D eigenvalue weighted by molar-refractivity contribution is -0.0341. The van der Waals surface area contributed by atoms with Crippen molar-refractivity contribution >= 4 is 0 Å². The monoisotopic (exact) mass is 189 g/mol. The molecule has 1 saturated heterocycles. The zero-order chi connectivity index (χ0) is 10.1. The van der Waals surface area contributed by atoms with Crippen LogP contribution < -0.4 is 0 Å². The van der Waals surface area contributed by atoms with Crippen LogP contribution in [0.5, 0.6) is 0 Å². The first-order valence-corrected chi connectivity index (χ1v) is 4.88. The van der Waals surface area contributed by atoms with E-state index in [-0.39, 0.29) is 11.6 Å². The van der Waals surface area contributed by atoms with Crippen molar-refractivity contribution in [2.45, 2.75) is 45.0 Å². The first-order valence-electron chi connectivity index (χ1n) is 4.88. The highest BCUT2D eigenvalue weighted by Gasteiger charge is 2.32. The van der Waals surface area contributed by atoms with Crippen LogP contribution in [0.2, 0.25) is 0 Å². The molecule has 1 heterocycles. The molecular weight excluding hydrogens is 169 g/mol. The van der Waals surface area contributed by atoms with Crippen molar-refractivity contribution < 1.29 is 9.13 Å². The number of hydrogen-bond acceptors (Lipinski definition) is 2. The van der Waals surface area contributed by atoms with Gasteiger partial charge in [0.2, 0.25) is 0 Å². The van der Waals surface area contributed by atoms with Gasteiger partial charge in [-0.1, -0.05) is 0 Å². The van der Waals surface area contributed by atoms with E-state index in [1.807, 2.05) is 32.7 Å². The predicted octanol–water partition coefficient (Wildman–Crippen LogP) is 1.84. The molecule has 3 heteroatoms. The van der Waals surface area contributed by atoms with E-state index >= 15 is 0 Å². The lowest BCUT2D eigenvalue weighted by Crippen LogP contribution is -2.37. The Kier molecular flexibility index (Phi) is 3.30. The Morgan fingerprint density at radius 2 is 2.08 bits per heavy atom. The van der Waals surface area contributed by atoms with Crippen LogP contribution in [0.4, 0.5) is 4.39 Å². The summed E-state index contributed by atoms with van der Waals surface area (Å²) in [5.41, 5.74) is -0.164. The van der Waals surface area contributed by atoms with Crippen molar-refractivity contribution in [3.63, 3.8) is 0 Å². The van der Waals surface area contributed by atoms with Crippen LogP contribution in [0.25, 0.3) is 0 Å². The smallest absolute Gasteiger partial charge is 0.119 e.